The van der Waals surface area contributed by atoms with Gasteiger partial charge in [0.1, 0.15) is 0 Å². The molecule has 0 N–H and O–H groups in total. The van der Waals surface area contributed by atoms with E-state index >= 15 is 0 Å². The van der Waals surface area contributed by atoms with Crippen LogP contribution in [0.4, 0.5) is 0 Å². The normalized spacial score (nSPS) is 28.8. The molecule has 1 aliphatic rings. The Kier molecular flexibility index (Phi) is 4.56. The molecule has 1 nitrogen and oxygen atoms in total. The Labute approximate surface area is 93.9 Å². The maximum Gasteiger partial charge on any atom is 0.158 e. The Bertz CT molecular complexity index is 252. The van der Waals surface area contributed by atoms with Crippen molar-refractivity contribution in [1.29, 1.82) is 0 Å². The van der Waals surface area contributed by atoms with Crippen molar-refractivity contribution < 1.29 is 4.79 Å². The lowest BCUT2D eigenvalue weighted by atomic mass is 9.75. The van der Waals surface area contributed by atoms with Crippen LogP contribution in [-0.4, -0.2) is 5.78 Å². The standard InChI is InChI=1S/C14H24O/c1-5-6-10(2)8-13-12(4)7-11(3)9-14(13)15/h9-10,12-13H,5-8H2,1-4H3. The smallest absolute Gasteiger partial charge is 0.158 e. The Morgan fingerprint density at radius 1 is 1.53 bits per heavy atom. The zero-order chi connectivity index (χ0) is 11.4. The van der Waals surface area contributed by atoms with Gasteiger partial charge >= 0.3 is 0 Å². The van der Waals surface area contributed by atoms with E-state index in [1.54, 1.807) is 0 Å². The average Bonchev–Trinajstić information content (AvgIpc) is 2.11. The van der Waals surface area contributed by atoms with Gasteiger partial charge in [0.15, 0.2) is 5.78 Å². The molecule has 1 rings (SSSR count). The summed E-state index contributed by atoms with van der Waals surface area (Å²) in [4.78, 5) is 11.9. The molecule has 0 amide bonds. The second-order valence-electron chi connectivity index (χ2n) is 5.31. The third-order valence-corrected chi connectivity index (χ3v) is 3.52. The first-order chi connectivity index (χ1) is 7.04. The molecule has 0 heterocycles. The largest absolute Gasteiger partial charge is 0.295 e. The van der Waals surface area contributed by atoms with Gasteiger partial charge in [0.25, 0.3) is 0 Å². The molecule has 3 unspecified atom stereocenters. The fourth-order valence-electron chi connectivity index (χ4n) is 2.73. The third kappa shape index (κ3) is 3.48. The average molecular weight is 208 g/mol. The quantitative estimate of drug-likeness (QED) is 0.683. The van der Waals surface area contributed by atoms with Crippen LogP contribution in [0.25, 0.3) is 0 Å². The molecule has 3 atom stereocenters. The van der Waals surface area contributed by atoms with E-state index in [-0.39, 0.29) is 5.92 Å². The van der Waals surface area contributed by atoms with E-state index in [0.717, 1.165) is 12.8 Å². The van der Waals surface area contributed by atoms with Crippen molar-refractivity contribution in [2.45, 2.75) is 53.4 Å². The third-order valence-electron chi connectivity index (χ3n) is 3.52. The highest BCUT2D eigenvalue weighted by atomic mass is 16.1. The van der Waals surface area contributed by atoms with Gasteiger partial charge in [-0.25, -0.2) is 0 Å². The van der Waals surface area contributed by atoms with Crippen LogP contribution >= 0.6 is 0 Å². The van der Waals surface area contributed by atoms with Gasteiger partial charge in [-0.3, -0.25) is 4.79 Å². The lowest BCUT2D eigenvalue weighted by molar-refractivity contribution is -0.120. The SMILES string of the molecule is CCCC(C)CC1C(=O)C=C(C)CC1C. The predicted octanol–water partition coefficient (Wildman–Crippen LogP) is 3.98. The fourth-order valence-corrected chi connectivity index (χ4v) is 2.73. The van der Waals surface area contributed by atoms with E-state index in [4.69, 9.17) is 0 Å². The lowest BCUT2D eigenvalue weighted by Crippen LogP contribution is -2.26. The Morgan fingerprint density at radius 2 is 2.20 bits per heavy atom. The van der Waals surface area contributed by atoms with Crippen molar-refractivity contribution in [2.24, 2.45) is 17.8 Å². The summed E-state index contributed by atoms with van der Waals surface area (Å²) in [7, 11) is 0. The summed E-state index contributed by atoms with van der Waals surface area (Å²) in [5, 5.41) is 0. The van der Waals surface area contributed by atoms with Gasteiger partial charge in [-0.05, 0) is 37.7 Å². The van der Waals surface area contributed by atoms with Gasteiger partial charge in [-0.15, -0.1) is 0 Å². The summed E-state index contributed by atoms with van der Waals surface area (Å²) in [6.07, 6.45) is 6.53. The van der Waals surface area contributed by atoms with E-state index in [2.05, 4.69) is 27.7 Å². The van der Waals surface area contributed by atoms with Gasteiger partial charge in [-0.2, -0.15) is 0 Å². The minimum Gasteiger partial charge on any atom is -0.295 e. The first-order valence-electron chi connectivity index (χ1n) is 6.25. The lowest BCUT2D eigenvalue weighted by Gasteiger charge is -2.28. The molecule has 0 aromatic heterocycles. The van der Waals surface area contributed by atoms with Crippen molar-refractivity contribution in [2.75, 3.05) is 0 Å². The first-order valence-corrected chi connectivity index (χ1v) is 6.25. The molecular formula is C14H24O. The zero-order valence-electron chi connectivity index (χ0n) is 10.5. The van der Waals surface area contributed by atoms with Crippen LogP contribution in [0.15, 0.2) is 11.6 Å². The van der Waals surface area contributed by atoms with E-state index in [9.17, 15) is 4.79 Å². The van der Waals surface area contributed by atoms with Crippen LogP contribution in [0, 0.1) is 17.8 Å². The summed E-state index contributed by atoms with van der Waals surface area (Å²) in [6, 6.07) is 0. The highest BCUT2D eigenvalue weighted by molar-refractivity contribution is 5.93. The second kappa shape index (κ2) is 5.48. The summed E-state index contributed by atoms with van der Waals surface area (Å²) in [5.74, 6) is 1.89. The molecule has 0 aromatic carbocycles. The maximum atomic E-state index is 11.9. The van der Waals surface area contributed by atoms with Crippen LogP contribution in [-0.2, 0) is 4.79 Å². The number of ketones is 1. The van der Waals surface area contributed by atoms with Crippen molar-refractivity contribution in [3.63, 3.8) is 0 Å². The molecular weight excluding hydrogens is 184 g/mol. The molecule has 86 valence electrons. The van der Waals surface area contributed by atoms with Crippen molar-refractivity contribution in [3.8, 4) is 0 Å². The van der Waals surface area contributed by atoms with Crippen molar-refractivity contribution in [1.82, 2.24) is 0 Å². The molecule has 0 saturated carbocycles. The summed E-state index contributed by atoms with van der Waals surface area (Å²) in [6.45, 7) is 8.78. The number of hydrogen-bond donors (Lipinski definition) is 0. The van der Waals surface area contributed by atoms with Gasteiger partial charge in [0.05, 0.1) is 0 Å². The number of carbonyl (C=O) groups is 1. The molecule has 1 heteroatoms. The van der Waals surface area contributed by atoms with Crippen molar-refractivity contribution >= 4 is 5.78 Å². The van der Waals surface area contributed by atoms with Gasteiger partial charge in [0, 0.05) is 5.92 Å². The topological polar surface area (TPSA) is 17.1 Å². The molecule has 0 aromatic rings. The van der Waals surface area contributed by atoms with E-state index < -0.39 is 0 Å². The molecule has 1 aliphatic carbocycles. The summed E-state index contributed by atoms with van der Waals surface area (Å²) in [5.41, 5.74) is 1.26. The van der Waals surface area contributed by atoms with Gasteiger partial charge in [0.2, 0.25) is 0 Å². The first kappa shape index (κ1) is 12.5. The number of rotatable bonds is 4. The van der Waals surface area contributed by atoms with Crippen LogP contribution < -0.4 is 0 Å². The Balaban J connectivity index is 2.58. The molecule has 0 bridgehead atoms. The van der Waals surface area contributed by atoms with Gasteiger partial charge in [-0.1, -0.05) is 39.2 Å². The zero-order valence-corrected chi connectivity index (χ0v) is 10.5. The highest BCUT2D eigenvalue weighted by Gasteiger charge is 2.28. The van der Waals surface area contributed by atoms with Crippen LogP contribution in [0.2, 0.25) is 0 Å². The van der Waals surface area contributed by atoms with Crippen LogP contribution in [0.1, 0.15) is 53.4 Å². The highest BCUT2D eigenvalue weighted by Crippen LogP contribution is 2.32. The Morgan fingerprint density at radius 3 is 2.73 bits per heavy atom. The van der Waals surface area contributed by atoms with E-state index in [0.29, 0.717) is 17.6 Å². The molecule has 0 spiro atoms. The number of hydrogen-bond acceptors (Lipinski definition) is 1. The minimum absolute atomic E-state index is 0.287. The van der Waals surface area contributed by atoms with Crippen LogP contribution in [0.3, 0.4) is 0 Å². The summed E-state index contributed by atoms with van der Waals surface area (Å²) >= 11 is 0. The van der Waals surface area contributed by atoms with Crippen LogP contribution in [0.5, 0.6) is 0 Å². The van der Waals surface area contributed by atoms with Gasteiger partial charge < -0.3 is 0 Å². The van der Waals surface area contributed by atoms with E-state index in [1.165, 1.54) is 18.4 Å². The fraction of sp³-hybridized carbons (Fsp3) is 0.786. The molecule has 0 fully saturated rings. The monoisotopic (exact) mass is 208 g/mol. The van der Waals surface area contributed by atoms with E-state index in [1.807, 2.05) is 6.08 Å². The number of carbonyl (C=O) groups excluding carboxylic acids is 1. The number of allylic oxidation sites excluding steroid dienone is 2. The minimum atomic E-state index is 0.287. The predicted molar refractivity (Wildman–Crippen MR) is 64.7 cm³/mol. The molecule has 0 saturated heterocycles. The second-order valence-corrected chi connectivity index (χ2v) is 5.31. The van der Waals surface area contributed by atoms with Crippen molar-refractivity contribution in [3.05, 3.63) is 11.6 Å². The molecule has 0 radical (unpaired) electrons. The summed E-state index contributed by atoms with van der Waals surface area (Å²) < 4.78 is 0. The molecule has 15 heavy (non-hydrogen) atoms. The Hall–Kier alpha value is -0.590. The maximum absolute atomic E-state index is 11.9. The molecule has 0 aliphatic heterocycles.